The first-order valence-corrected chi connectivity index (χ1v) is 7.34. The van der Waals surface area contributed by atoms with E-state index in [0.717, 1.165) is 0 Å². The number of rotatable bonds is 6. The largest absolute Gasteiger partial charge is 0.495 e. The van der Waals surface area contributed by atoms with Crippen molar-refractivity contribution in [2.24, 2.45) is 5.73 Å². The fourth-order valence-electron chi connectivity index (χ4n) is 2.24. The number of anilines is 1. The third kappa shape index (κ3) is 4.59. The number of carbonyl (C=O) groups excluding carboxylic acids is 3. The average Bonchev–Trinajstić information content (AvgIpc) is 2.54. The lowest BCUT2D eigenvalue weighted by Gasteiger charge is -2.28. The monoisotopic (exact) mass is 356 g/mol. The smallest absolute Gasteiger partial charge is 0.328 e. The standard InChI is InChI=1S/C15H20N4O4.ClH/c1-23-12-9-10(14(21)17-7-2-6-16)3-4-11(12)19-8-5-13(20)18-15(19)22;/h3-4,9H,2,5-8,16H2,1H3,(H,17,21)(H,18,20,22);1H. The lowest BCUT2D eigenvalue weighted by atomic mass is 10.1. The Morgan fingerprint density at radius 3 is 2.79 bits per heavy atom. The van der Waals surface area contributed by atoms with Crippen molar-refractivity contribution in [2.45, 2.75) is 12.8 Å². The van der Waals surface area contributed by atoms with Gasteiger partial charge in [-0.25, -0.2) is 4.79 Å². The van der Waals surface area contributed by atoms with Gasteiger partial charge < -0.3 is 15.8 Å². The first kappa shape index (κ1) is 19.7. The molecular formula is C15H21ClN4O4. The van der Waals surface area contributed by atoms with Crippen LogP contribution in [0.4, 0.5) is 10.5 Å². The summed E-state index contributed by atoms with van der Waals surface area (Å²) >= 11 is 0. The summed E-state index contributed by atoms with van der Waals surface area (Å²) < 4.78 is 5.28. The Bertz CT molecular complexity index is 623. The van der Waals surface area contributed by atoms with Gasteiger partial charge in [0.2, 0.25) is 5.91 Å². The number of urea groups is 1. The normalized spacial score (nSPS) is 13.8. The number of nitrogens with one attached hydrogen (secondary N) is 2. The number of amides is 4. The van der Waals surface area contributed by atoms with Crippen LogP contribution in [0.3, 0.4) is 0 Å². The molecule has 1 heterocycles. The van der Waals surface area contributed by atoms with Crippen LogP contribution in [-0.2, 0) is 4.79 Å². The molecule has 1 aliphatic heterocycles. The number of benzene rings is 1. The van der Waals surface area contributed by atoms with Crippen molar-refractivity contribution in [2.75, 3.05) is 31.6 Å². The third-order valence-corrected chi connectivity index (χ3v) is 3.45. The minimum Gasteiger partial charge on any atom is -0.495 e. The van der Waals surface area contributed by atoms with Crippen LogP contribution < -0.4 is 26.0 Å². The second-order valence-electron chi connectivity index (χ2n) is 5.04. The van der Waals surface area contributed by atoms with Gasteiger partial charge in [-0.2, -0.15) is 0 Å². The molecule has 4 N–H and O–H groups in total. The van der Waals surface area contributed by atoms with Gasteiger partial charge in [0, 0.05) is 25.1 Å². The first-order chi connectivity index (χ1) is 11.1. The van der Waals surface area contributed by atoms with E-state index < -0.39 is 6.03 Å². The molecule has 1 fully saturated rings. The fourth-order valence-corrected chi connectivity index (χ4v) is 2.24. The number of hydrogen-bond acceptors (Lipinski definition) is 5. The molecule has 24 heavy (non-hydrogen) atoms. The number of nitrogens with two attached hydrogens (primary N) is 1. The third-order valence-electron chi connectivity index (χ3n) is 3.45. The summed E-state index contributed by atoms with van der Waals surface area (Å²) in [7, 11) is 1.46. The Balaban J connectivity index is 0.00000288. The first-order valence-electron chi connectivity index (χ1n) is 7.34. The Hall–Kier alpha value is -2.32. The number of methoxy groups -OCH3 is 1. The molecule has 9 heteroatoms. The van der Waals surface area contributed by atoms with Crippen LogP contribution in [-0.4, -0.2) is 44.6 Å². The fraction of sp³-hybridized carbons (Fsp3) is 0.400. The van der Waals surface area contributed by atoms with E-state index in [1.165, 1.54) is 12.0 Å². The Labute approximate surface area is 146 Å². The van der Waals surface area contributed by atoms with E-state index in [2.05, 4.69) is 10.6 Å². The van der Waals surface area contributed by atoms with E-state index in [1.54, 1.807) is 18.2 Å². The zero-order chi connectivity index (χ0) is 16.8. The summed E-state index contributed by atoms with van der Waals surface area (Å²) in [5, 5.41) is 5.00. The van der Waals surface area contributed by atoms with E-state index in [1.807, 2.05) is 0 Å². The maximum absolute atomic E-state index is 12.0. The van der Waals surface area contributed by atoms with Crippen LogP contribution in [0.1, 0.15) is 23.2 Å². The molecule has 0 aromatic heterocycles. The zero-order valence-electron chi connectivity index (χ0n) is 13.3. The Morgan fingerprint density at radius 2 is 2.17 bits per heavy atom. The summed E-state index contributed by atoms with van der Waals surface area (Å²) in [5.41, 5.74) is 6.32. The van der Waals surface area contributed by atoms with Gasteiger partial charge in [0.15, 0.2) is 0 Å². The maximum atomic E-state index is 12.0. The molecule has 0 spiro atoms. The molecule has 0 unspecified atom stereocenters. The molecule has 8 nitrogen and oxygen atoms in total. The van der Waals surface area contributed by atoms with Gasteiger partial charge in [0.25, 0.3) is 5.91 Å². The van der Waals surface area contributed by atoms with Crippen molar-refractivity contribution in [3.8, 4) is 5.75 Å². The van der Waals surface area contributed by atoms with Crippen molar-refractivity contribution in [3.63, 3.8) is 0 Å². The molecule has 0 aliphatic carbocycles. The number of hydrogen-bond donors (Lipinski definition) is 3. The van der Waals surface area contributed by atoms with Crippen molar-refractivity contribution in [1.82, 2.24) is 10.6 Å². The molecule has 0 atom stereocenters. The summed E-state index contributed by atoms with van der Waals surface area (Å²) in [4.78, 5) is 36.6. The highest BCUT2D eigenvalue weighted by Crippen LogP contribution is 2.30. The SMILES string of the molecule is COc1cc(C(=O)NCCCN)ccc1N1CCC(=O)NC1=O.Cl. The Kier molecular flexibility index (Phi) is 7.47. The highest BCUT2D eigenvalue weighted by molar-refractivity contribution is 6.06. The minimum absolute atomic E-state index is 0. The molecule has 1 aromatic carbocycles. The van der Waals surface area contributed by atoms with E-state index in [4.69, 9.17) is 10.5 Å². The van der Waals surface area contributed by atoms with Gasteiger partial charge in [0.1, 0.15) is 5.75 Å². The van der Waals surface area contributed by atoms with Crippen LogP contribution in [0.25, 0.3) is 0 Å². The van der Waals surface area contributed by atoms with Crippen LogP contribution >= 0.6 is 12.4 Å². The summed E-state index contributed by atoms with van der Waals surface area (Å²) in [5.74, 6) is -0.149. The highest BCUT2D eigenvalue weighted by Gasteiger charge is 2.26. The average molecular weight is 357 g/mol. The quantitative estimate of drug-likeness (QED) is 0.647. The number of nitrogens with zero attached hydrogens (tertiary/aromatic N) is 1. The number of imide groups is 1. The summed E-state index contributed by atoms with van der Waals surface area (Å²) in [6.07, 6.45) is 0.916. The topological polar surface area (TPSA) is 114 Å². The minimum atomic E-state index is -0.500. The predicted octanol–water partition coefficient (Wildman–Crippen LogP) is 0.642. The molecular weight excluding hydrogens is 336 g/mol. The van der Waals surface area contributed by atoms with E-state index in [0.29, 0.717) is 36.5 Å². The highest BCUT2D eigenvalue weighted by atomic mass is 35.5. The van der Waals surface area contributed by atoms with Gasteiger partial charge in [-0.1, -0.05) is 0 Å². The second kappa shape index (κ2) is 9.09. The van der Waals surface area contributed by atoms with E-state index >= 15 is 0 Å². The van der Waals surface area contributed by atoms with Crippen LogP contribution in [0, 0.1) is 0 Å². The van der Waals surface area contributed by atoms with Gasteiger partial charge in [-0.15, -0.1) is 12.4 Å². The van der Waals surface area contributed by atoms with Crippen LogP contribution in [0.5, 0.6) is 5.75 Å². The van der Waals surface area contributed by atoms with Crippen molar-refractivity contribution < 1.29 is 19.1 Å². The summed E-state index contributed by atoms with van der Waals surface area (Å²) in [6.45, 7) is 1.27. The van der Waals surface area contributed by atoms with Gasteiger partial charge in [-0.3, -0.25) is 19.8 Å². The second-order valence-corrected chi connectivity index (χ2v) is 5.04. The van der Waals surface area contributed by atoms with Crippen LogP contribution in [0.2, 0.25) is 0 Å². The molecule has 0 radical (unpaired) electrons. The number of halogens is 1. The molecule has 4 amide bonds. The maximum Gasteiger partial charge on any atom is 0.328 e. The molecule has 2 rings (SSSR count). The number of carbonyl (C=O) groups is 3. The zero-order valence-corrected chi connectivity index (χ0v) is 14.1. The molecule has 1 saturated heterocycles. The van der Waals surface area contributed by atoms with E-state index in [-0.39, 0.29) is 37.2 Å². The lowest BCUT2D eigenvalue weighted by Crippen LogP contribution is -2.49. The molecule has 0 bridgehead atoms. The van der Waals surface area contributed by atoms with Crippen molar-refractivity contribution >= 4 is 35.9 Å². The van der Waals surface area contributed by atoms with Crippen molar-refractivity contribution in [1.29, 1.82) is 0 Å². The van der Waals surface area contributed by atoms with Gasteiger partial charge >= 0.3 is 6.03 Å². The number of ether oxygens (including phenoxy) is 1. The van der Waals surface area contributed by atoms with Crippen molar-refractivity contribution in [3.05, 3.63) is 23.8 Å². The molecule has 0 saturated carbocycles. The lowest BCUT2D eigenvalue weighted by molar-refractivity contribution is -0.120. The molecule has 1 aromatic rings. The van der Waals surface area contributed by atoms with Gasteiger partial charge in [-0.05, 0) is 31.2 Å². The predicted molar refractivity (Wildman–Crippen MR) is 91.7 cm³/mol. The van der Waals surface area contributed by atoms with E-state index in [9.17, 15) is 14.4 Å². The molecule has 132 valence electrons. The van der Waals surface area contributed by atoms with Crippen LogP contribution in [0.15, 0.2) is 18.2 Å². The van der Waals surface area contributed by atoms with Gasteiger partial charge in [0.05, 0.1) is 12.8 Å². The Morgan fingerprint density at radius 1 is 1.42 bits per heavy atom. The summed E-state index contributed by atoms with van der Waals surface area (Å²) in [6, 6.07) is 4.31. The molecule has 1 aliphatic rings.